The summed E-state index contributed by atoms with van der Waals surface area (Å²) in [5, 5.41) is -0.232. The Morgan fingerprint density at radius 1 is 1.00 bits per heavy atom. The maximum Gasteiger partial charge on any atom is 0.175 e. The zero-order valence-electron chi connectivity index (χ0n) is 10.6. The molecule has 0 radical (unpaired) electrons. The highest BCUT2D eigenvalue weighted by Crippen LogP contribution is 2.27. The van der Waals surface area contributed by atoms with Crippen molar-refractivity contribution in [2.75, 3.05) is 6.26 Å². The average molecular weight is 295 g/mol. The van der Waals surface area contributed by atoms with E-state index in [1.54, 1.807) is 12.1 Å². The van der Waals surface area contributed by atoms with Crippen LogP contribution < -0.4 is 0 Å². The molecule has 0 fully saturated rings. The molecule has 0 aliphatic rings. The summed E-state index contributed by atoms with van der Waals surface area (Å²) < 4.78 is 23.5. The van der Waals surface area contributed by atoms with Crippen LogP contribution >= 0.6 is 11.6 Å². The Hall–Kier alpha value is -1.32. The molecule has 0 saturated carbocycles. The van der Waals surface area contributed by atoms with Crippen LogP contribution in [0.4, 0.5) is 0 Å². The fraction of sp³-hybridized carbons (Fsp3) is 0.200. The predicted molar refractivity (Wildman–Crippen MR) is 78.3 cm³/mol. The quantitative estimate of drug-likeness (QED) is 0.807. The Balaban J connectivity index is 2.30. The van der Waals surface area contributed by atoms with Gasteiger partial charge in [0.1, 0.15) is 0 Å². The van der Waals surface area contributed by atoms with Gasteiger partial charge >= 0.3 is 0 Å². The summed E-state index contributed by atoms with van der Waals surface area (Å²) in [7, 11) is -3.22. The van der Waals surface area contributed by atoms with Crippen LogP contribution in [0.1, 0.15) is 16.5 Å². The van der Waals surface area contributed by atoms with Crippen LogP contribution in [0.2, 0.25) is 0 Å². The van der Waals surface area contributed by atoms with Crippen molar-refractivity contribution in [1.29, 1.82) is 0 Å². The van der Waals surface area contributed by atoms with Crippen LogP contribution in [0, 0.1) is 0 Å². The fourth-order valence-electron chi connectivity index (χ4n) is 2.01. The van der Waals surface area contributed by atoms with Gasteiger partial charge in [-0.05, 0) is 23.6 Å². The molecule has 0 spiro atoms. The topological polar surface area (TPSA) is 34.1 Å². The molecule has 0 heterocycles. The molecule has 2 aromatic carbocycles. The van der Waals surface area contributed by atoms with Gasteiger partial charge in [-0.1, -0.05) is 48.5 Å². The molecule has 0 aromatic heterocycles. The maximum absolute atomic E-state index is 11.7. The van der Waals surface area contributed by atoms with E-state index in [0.29, 0.717) is 11.3 Å². The summed E-state index contributed by atoms with van der Waals surface area (Å²) in [6, 6.07) is 16.7. The van der Waals surface area contributed by atoms with Crippen molar-refractivity contribution in [1.82, 2.24) is 0 Å². The second kappa shape index (κ2) is 5.76. The van der Waals surface area contributed by atoms with Crippen LogP contribution in [0.3, 0.4) is 0 Å². The van der Waals surface area contributed by atoms with Crippen LogP contribution in [0.5, 0.6) is 0 Å². The Labute approximate surface area is 119 Å². The smallest absolute Gasteiger partial charge is 0.175 e. The molecule has 0 N–H and O–H groups in total. The normalized spacial score (nSPS) is 13.2. The Bertz CT molecular complexity index is 651. The number of rotatable bonds is 4. The molecule has 1 atom stereocenters. The molecule has 2 rings (SSSR count). The summed E-state index contributed by atoms with van der Waals surface area (Å²) >= 11 is 6.37. The number of hydrogen-bond donors (Lipinski definition) is 0. The van der Waals surface area contributed by atoms with E-state index in [4.69, 9.17) is 11.6 Å². The lowest BCUT2D eigenvalue weighted by molar-refractivity contribution is 0.600. The first kappa shape index (κ1) is 14.1. The van der Waals surface area contributed by atoms with Gasteiger partial charge in [0.05, 0.1) is 10.3 Å². The van der Waals surface area contributed by atoms with Crippen molar-refractivity contribution < 1.29 is 8.42 Å². The van der Waals surface area contributed by atoms with Gasteiger partial charge in [-0.2, -0.15) is 0 Å². The summed E-state index contributed by atoms with van der Waals surface area (Å²) in [5.41, 5.74) is 1.75. The average Bonchev–Trinajstić information content (AvgIpc) is 2.39. The van der Waals surface area contributed by atoms with Crippen molar-refractivity contribution in [3.63, 3.8) is 0 Å². The van der Waals surface area contributed by atoms with Gasteiger partial charge in [0.15, 0.2) is 9.84 Å². The third kappa shape index (κ3) is 3.58. The van der Waals surface area contributed by atoms with E-state index in [9.17, 15) is 8.42 Å². The second-order valence-electron chi connectivity index (χ2n) is 4.46. The molecule has 0 aliphatic heterocycles. The van der Waals surface area contributed by atoms with Gasteiger partial charge < -0.3 is 0 Å². The van der Waals surface area contributed by atoms with Gasteiger partial charge in [-0.3, -0.25) is 0 Å². The number of alkyl halides is 1. The van der Waals surface area contributed by atoms with E-state index in [1.807, 2.05) is 42.5 Å². The molecule has 0 amide bonds. The summed E-state index contributed by atoms with van der Waals surface area (Å²) in [6.07, 6.45) is 1.71. The highest BCUT2D eigenvalue weighted by Gasteiger charge is 2.16. The van der Waals surface area contributed by atoms with Crippen molar-refractivity contribution >= 4 is 21.4 Å². The van der Waals surface area contributed by atoms with Crippen molar-refractivity contribution in [2.24, 2.45) is 0 Å². The Morgan fingerprint density at radius 2 is 1.58 bits per heavy atom. The van der Waals surface area contributed by atoms with Crippen molar-refractivity contribution in [3.05, 3.63) is 65.7 Å². The lowest BCUT2D eigenvalue weighted by atomic mass is 10.0. The van der Waals surface area contributed by atoms with Gasteiger partial charge in [0.25, 0.3) is 0 Å². The van der Waals surface area contributed by atoms with E-state index in [1.165, 1.54) is 6.26 Å². The molecule has 100 valence electrons. The Kier molecular flexibility index (Phi) is 4.27. The zero-order chi connectivity index (χ0) is 13.9. The zero-order valence-corrected chi connectivity index (χ0v) is 12.2. The molecule has 4 heteroatoms. The SMILES string of the molecule is CS(=O)(=O)c1ccccc1CC(Cl)c1ccccc1. The minimum atomic E-state index is -3.22. The second-order valence-corrected chi connectivity index (χ2v) is 6.97. The standard InChI is InChI=1S/C15H15ClO2S/c1-19(17,18)15-10-6-5-9-13(15)11-14(16)12-7-3-2-4-8-12/h2-10,14H,11H2,1H3. The van der Waals surface area contributed by atoms with Gasteiger partial charge in [-0.15, -0.1) is 11.6 Å². The molecule has 0 saturated heterocycles. The van der Waals surface area contributed by atoms with E-state index < -0.39 is 9.84 Å². The number of halogens is 1. The largest absolute Gasteiger partial charge is 0.224 e. The molecular formula is C15H15ClO2S. The number of hydrogen-bond acceptors (Lipinski definition) is 2. The van der Waals surface area contributed by atoms with Crippen molar-refractivity contribution in [3.8, 4) is 0 Å². The lowest BCUT2D eigenvalue weighted by Crippen LogP contribution is -2.04. The predicted octanol–water partition coefficient (Wildman–Crippen LogP) is 3.61. The van der Waals surface area contributed by atoms with Crippen molar-refractivity contribution in [2.45, 2.75) is 16.7 Å². The molecule has 19 heavy (non-hydrogen) atoms. The summed E-state index contributed by atoms with van der Waals surface area (Å²) in [4.78, 5) is 0.358. The molecular weight excluding hydrogens is 280 g/mol. The third-order valence-corrected chi connectivity index (χ3v) is 4.54. The highest BCUT2D eigenvalue weighted by atomic mass is 35.5. The minimum Gasteiger partial charge on any atom is -0.224 e. The van der Waals surface area contributed by atoms with Crippen LogP contribution in [0.15, 0.2) is 59.5 Å². The first-order valence-corrected chi connectivity index (χ1v) is 8.28. The third-order valence-electron chi connectivity index (χ3n) is 2.93. The van der Waals surface area contributed by atoms with E-state index >= 15 is 0 Å². The van der Waals surface area contributed by atoms with Crippen LogP contribution in [-0.4, -0.2) is 14.7 Å². The van der Waals surface area contributed by atoms with E-state index in [2.05, 4.69) is 0 Å². The highest BCUT2D eigenvalue weighted by molar-refractivity contribution is 7.90. The van der Waals surface area contributed by atoms with Gasteiger partial charge in [0, 0.05) is 6.26 Å². The first-order valence-electron chi connectivity index (χ1n) is 5.95. The maximum atomic E-state index is 11.7. The minimum absolute atomic E-state index is 0.232. The monoisotopic (exact) mass is 294 g/mol. The molecule has 2 aromatic rings. The molecule has 2 nitrogen and oxygen atoms in total. The van der Waals surface area contributed by atoms with Gasteiger partial charge in [-0.25, -0.2) is 8.42 Å². The number of sulfone groups is 1. The van der Waals surface area contributed by atoms with Crippen LogP contribution in [0.25, 0.3) is 0 Å². The van der Waals surface area contributed by atoms with E-state index in [0.717, 1.165) is 11.1 Å². The molecule has 1 unspecified atom stereocenters. The van der Waals surface area contributed by atoms with Gasteiger partial charge in [0.2, 0.25) is 0 Å². The fourth-order valence-corrected chi connectivity index (χ4v) is 3.27. The lowest BCUT2D eigenvalue weighted by Gasteiger charge is -2.12. The summed E-state index contributed by atoms with van der Waals surface area (Å²) in [6.45, 7) is 0. The first-order chi connectivity index (χ1) is 8.98. The Morgan fingerprint density at radius 3 is 2.21 bits per heavy atom. The molecule has 0 aliphatic carbocycles. The van der Waals surface area contributed by atoms with Crippen LogP contribution in [-0.2, 0) is 16.3 Å². The number of benzene rings is 2. The molecule has 0 bridgehead atoms. The summed E-state index contributed by atoms with van der Waals surface area (Å²) in [5.74, 6) is 0. The van der Waals surface area contributed by atoms with E-state index in [-0.39, 0.29) is 5.38 Å².